The van der Waals surface area contributed by atoms with Crippen molar-refractivity contribution in [2.75, 3.05) is 25.1 Å². The maximum atomic E-state index is 11.4. The van der Waals surface area contributed by atoms with Gasteiger partial charge in [0.2, 0.25) is 11.8 Å². The fourth-order valence-electron chi connectivity index (χ4n) is 2.31. The van der Waals surface area contributed by atoms with Crippen molar-refractivity contribution in [2.24, 2.45) is 5.92 Å². The number of aryl methyl sites for hydroxylation is 1. The van der Waals surface area contributed by atoms with E-state index >= 15 is 0 Å². The van der Waals surface area contributed by atoms with Gasteiger partial charge in [-0.15, -0.1) is 10.2 Å². The largest absolute Gasteiger partial charge is 0.424 e. The molecule has 7 heteroatoms. The van der Waals surface area contributed by atoms with Crippen LogP contribution < -0.4 is 0 Å². The number of hydrogen-bond acceptors (Lipinski definition) is 6. The molecule has 6 nitrogen and oxygen atoms in total. The summed E-state index contributed by atoms with van der Waals surface area (Å²) in [4.78, 5) is 2.10. The van der Waals surface area contributed by atoms with E-state index in [4.69, 9.17) is 4.42 Å². The Hall–Kier alpha value is -0.950. The number of nitrogens with zero attached hydrogens (tertiary/aromatic N) is 3. The average Bonchev–Trinajstić information content (AvgIpc) is 2.93. The van der Waals surface area contributed by atoms with Gasteiger partial charge < -0.3 is 4.42 Å². The quantitative estimate of drug-likeness (QED) is 0.773. The van der Waals surface area contributed by atoms with Crippen LogP contribution in [-0.4, -0.2) is 48.6 Å². The van der Waals surface area contributed by atoms with E-state index in [1.807, 2.05) is 14.0 Å². The van der Waals surface area contributed by atoms with E-state index < -0.39 is 9.84 Å². The molecule has 1 saturated heterocycles. The Morgan fingerprint density at radius 2 is 2.11 bits per heavy atom. The van der Waals surface area contributed by atoms with Gasteiger partial charge in [0.1, 0.15) is 0 Å². The summed E-state index contributed by atoms with van der Waals surface area (Å²) < 4.78 is 28.2. The molecule has 0 saturated carbocycles. The van der Waals surface area contributed by atoms with Crippen LogP contribution in [-0.2, 0) is 22.8 Å². The first-order chi connectivity index (χ1) is 8.98. The summed E-state index contributed by atoms with van der Waals surface area (Å²) in [5.41, 5.74) is 0. The summed E-state index contributed by atoms with van der Waals surface area (Å²) in [6.45, 7) is 3.44. The lowest BCUT2D eigenvalue weighted by Crippen LogP contribution is -2.22. The van der Waals surface area contributed by atoms with Crippen LogP contribution >= 0.6 is 0 Å². The summed E-state index contributed by atoms with van der Waals surface area (Å²) in [5, 5.41) is 7.90. The first kappa shape index (κ1) is 14.5. The average molecular weight is 287 g/mol. The second-order valence-electron chi connectivity index (χ2n) is 5.24. The minimum absolute atomic E-state index is 0.307. The van der Waals surface area contributed by atoms with Gasteiger partial charge in [-0.3, -0.25) is 4.90 Å². The zero-order chi connectivity index (χ0) is 13.9. The summed E-state index contributed by atoms with van der Waals surface area (Å²) in [7, 11) is -0.776. The van der Waals surface area contributed by atoms with Gasteiger partial charge in [0.15, 0.2) is 9.84 Å². The van der Waals surface area contributed by atoms with E-state index in [9.17, 15) is 8.42 Å². The third-order valence-corrected chi connectivity index (χ3v) is 5.30. The van der Waals surface area contributed by atoms with E-state index in [2.05, 4.69) is 15.1 Å². The van der Waals surface area contributed by atoms with Crippen molar-refractivity contribution in [1.82, 2.24) is 15.1 Å². The van der Waals surface area contributed by atoms with Crippen molar-refractivity contribution >= 4 is 9.84 Å². The second-order valence-corrected chi connectivity index (χ2v) is 7.47. The minimum atomic E-state index is -2.76. The van der Waals surface area contributed by atoms with Crippen molar-refractivity contribution in [3.63, 3.8) is 0 Å². The van der Waals surface area contributed by atoms with E-state index in [1.165, 1.54) is 0 Å². The highest BCUT2D eigenvalue weighted by Gasteiger charge is 2.27. The van der Waals surface area contributed by atoms with Gasteiger partial charge in [-0.2, -0.15) is 0 Å². The molecule has 0 bridgehead atoms. The molecule has 2 rings (SSSR count). The predicted octanol–water partition coefficient (Wildman–Crippen LogP) is 0.889. The molecule has 0 amide bonds. The highest BCUT2D eigenvalue weighted by atomic mass is 32.2. The van der Waals surface area contributed by atoms with Crippen LogP contribution in [0.1, 0.15) is 31.5 Å². The lowest BCUT2D eigenvalue weighted by Gasteiger charge is -2.16. The summed E-state index contributed by atoms with van der Waals surface area (Å²) >= 11 is 0. The molecule has 0 N–H and O–H groups in total. The SMILES string of the molecule is CCc1nnc(CN(C)CCC2CCS(=O)(=O)C2)o1. The molecule has 108 valence electrons. The molecule has 0 radical (unpaired) electrons. The normalized spacial score (nSPS) is 22.2. The number of hydrogen-bond donors (Lipinski definition) is 0. The van der Waals surface area contributed by atoms with Crippen LogP contribution in [0.2, 0.25) is 0 Å². The fraction of sp³-hybridized carbons (Fsp3) is 0.833. The molecule has 1 aromatic heterocycles. The Morgan fingerprint density at radius 1 is 1.37 bits per heavy atom. The van der Waals surface area contributed by atoms with E-state index in [-0.39, 0.29) is 0 Å². The lowest BCUT2D eigenvalue weighted by molar-refractivity contribution is 0.267. The molecule has 2 heterocycles. The van der Waals surface area contributed by atoms with Crippen molar-refractivity contribution < 1.29 is 12.8 Å². The molecule has 1 unspecified atom stereocenters. The van der Waals surface area contributed by atoms with Crippen LogP contribution in [0.15, 0.2) is 4.42 Å². The van der Waals surface area contributed by atoms with Crippen molar-refractivity contribution in [2.45, 2.75) is 32.7 Å². The topological polar surface area (TPSA) is 76.3 Å². The molecule has 0 spiro atoms. The molecule has 19 heavy (non-hydrogen) atoms. The van der Waals surface area contributed by atoms with Crippen LogP contribution in [0.3, 0.4) is 0 Å². The molecular weight excluding hydrogens is 266 g/mol. The number of rotatable bonds is 6. The second kappa shape index (κ2) is 6.00. The molecule has 1 aromatic rings. The van der Waals surface area contributed by atoms with Crippen molar-refractivity contribution in [3.8, 4) is 0 Å². The molecule has 1 aliphatic heterocycles. The Labute approximate surface area is 114 Å². The maximum Gasteiger partial charge on any atom is 0.230 e. The molecule has 1 aliphatic rings. The summed E-state index contributed by atoms with van der Waals surface area (Å²) in [6.07, 6.45) is 2.46. The Morgan fingerprint density at radius 3 is 2.68 bits per heavy atom. The van der Waals surface area contributed by atoms with E-state index in [0.29, 0.717) is 35.7 Å². The van der Waals surface area contributed by atoms with Crippen LogP contribution in [0, 0.1) is 5.92 Å². The third-order valence-electron chi connectivity index (χ3n) is 3.46. The molecule has 1 atom stereocenters. The zero-order valence-corrected chi connectivity index (χ0v) is 12.3. The van der Waals surface area contributed by atoms with Gasteiger partial charge in [0.25, 0.3) is 0 Å². The van der Waals surface area contributed by atoms with E-state index in [1.54, 1.807) is 0 Å². The fourth-order valence-corrected chi connectivity index (χ4v) is 4.22. The Kier molecular flexibility index (Phi) is 4.57. The first-order valence-electron chi connectivity index (χ1n) is 6.68. The monoisotopic (exact) mass is 287 g/mol. The molecular formula is C12H21N3O3S. The van der Waals surface area contributed by atoms with Crippen LogP contribution in [0.25, 0.3) is 0 Å². The number of aromatic nitrogens is 2. The molecule has 0 aromatic carbocycles. The van der Waals surface area contributed by atoms with Gasteiger partial charge in [-0.1, -0.05) is 6.92 Å². The third kappa shape index (κ3) is 4.28. The Bertz CT molecular complexity index is 512. The van der Waals surface area contributed by atoms with Gasteiger partial charge in [0.05, 0.1) is 18.1 Å². The van der Waals surface area contributed by atoms with Crippen LogP contribution in [0.4, 0.5) is 0 Å². The smallest absolute Gasteiger partial charge is 0.230 e. The molecule has 0 aliphatic carbocycles. The highest BCUT2D eigenvalue weighted by Crippen LogP contribution is 2.21. The predicted molar refractivity (Wildman–Crippen MR) is 71.4 cm³/mol. The minimum Gasteiger partial charge on any atom is -0.424 e. The zero-order valence-electron chi connectivity index (χ0n) is 11.5. The van der Waals surface area contributed by atoms with Crippen molar-refractivity contribution in [1.29, 1.82) is 0 Å². The van der Waals surface area contributed by atoms with Gasteiger partial charge >= 0.3 is 0 Å². The van der Waals surface area contributed by atoms with Crippen molar-refractivity contribution in [3.05, 3.63) is 11.8 Å². The Balaban J connectivity index is 1.74. The summed E-state index contributed by atoms with van der Waals surface area (Å²) in [6, 6.07) is 0. The van der Waals surface area contributed by atoms with Crippen LogP contribution in [0.5, 0.6) is 0 Å². The lowest BCUT2D eigenvalue weighted by atomic mass is 10.1. The summed E-state index contributed by atoms with van der Waals surface area (Å²) in [5.74, 6) is 2.29. The standard InChI is InChI=1S/C12H21N3O3S/c1-3-11-13-14-12(18-11)8-15(2)6-4-10-5-7-19(16,17)9-10/h10H,3-9H2,1-2H3. The van der Waals surface area contributed by atoms with E-state index in [0.717, 1.165) is 25.8 Å². The first-order valence-corrected chi connectivity index (χ1v) is 8.51. The van der Waals surface area contributed by atoms with Gasteiger partial charge in [0, 0.05) is 6.42 Å². The molecule has 1 fully saturated rings. The highest BCUT2D eigenvalue weighted by molar-refractivity contribution is 7.91. The maximum absolute atomic E-state index is 11.4. The van der Waals surface area contributed by atoms with Gasteiger partial charge in [-0.25, -0.2) is 8.42 Å². The van der Waals surface area contributed by atoms with Gasteiger partial charge in [-0.05, 0) is 32.4 Å². The number of sulfone groups is 1.